The van der Waals surface area contributed by atoms with Gasteiger partial charge in [-0.25, -0.2) is 0 Å². The molecule has 1 aromatic carbocycles. The molecular weight excluding hydrogens is 348 g/mol. The molecule has 1 aliphatic rings. The second-order valence-electron chi connectivity index (χ2n) is 6.21. The molecule has 1 aliphatic heterocycles. The van der Waals surface area contributed by atoms with Crippen LogP contribution < -0.4 is 5.32 Å². The molecule has 6 heteroatoms. The molecule has 0 spiro atoms. The fraction of sp³-hybridized carbons (Fsp3) is 0.400. The number of carbonyl (C=O) groups excluding carboxylic acids is 1. The predicted molar refractivity (Wildman–Crippen MR) is 103 cm³/mol. The van der Waals surface area contributed by atoms with Gasteiger partial charge in [-0.05, 0) is 31.2 Å². The van der Waals surface area contributed by atoms with E-state index < -0.39 is 0 Å². The first kappa shape index (κ1) is 18.6. The van der Waals surface area contributed by atoms with E-state index in [9.17, 15) is 4.79 Å². The second-order valence-corrected chi connectivity index (χ2v) is 7.16. The summed E-state index contributed by atoms with van der Waals surface area (Å²) in [6, 6.07) is 14.3. The average Bonchev–Trinajstić information content (AvgIpc) is 3.21. The summed E-state index contributed by atoms with van der Waals surface area (Å²) in [5.41, 5.74) is 1.88. The van der Waals surface area contributed by atoms with Crippen LogP contribution in [0.1, 0.15) is 30.2 Å². The number of esters is 1. The van der Waals surface area contributed by atoms with Crippen molar-refractivity contribution in [1.82, 2.24) is 5.32 Å². The smallest absolute Gasteiger partial charge is 0.310 e. The highest BCUT2D eigenvalue weighted by Gasteiger charge is 2.27. The van der Waals surface area contributed by atoms with Crippen molar-refractivity contribution in [3.8, 4) is 0 Å². The first-order valence-corrected chi connectivity index (χ1v) is 9.85. The highest BCUT2D eigenvalue weighted by Crippen LogP contribution is 2.18. The summed E-state index contributed by atoms with van der Waals surface area (Å²) in [6.07, 6.45) is 1.69. The number of carbonyl (C=O) groups is 1. The minimum absolute atomic E-state index is 0.0549. The van der Waals surface area contributed by atoms with Crippen LogP contribution in [0, 0.1) is 5.92 Å². The van der Waals surface area contributed by atoms with Crippen molar-refractivity contribution in [2.45, 2.75) is 25.8 Å². The van der Waals surface area contributed by atoms with Gasteiger partial charge in [-0.3, -0.25) is 4.79 Å². The number of benzene rings is 1. The maximum Gasteiger partial charge on any atom is 0.310 e. The topological polar surface area (TPSA) is 59.9 Å². The number of thiophene rings is 1. The van der Waals surface area contributed by atoms with Crippen LogP contribution in [-0.4, -0.2) is 37.5 Å². The fourth-order valence-corrected chi connectivity index (χ4v) is 3.69. The van der Waals surface area contributed by atoms with Crippen molar-refractivity contribution >= 4 is 23.0 Å². The van der Waals surface area contributed by atoms with E-state index in [4.69, 9.17) is 9.57 Å². The van der Waals surface area contributed by atoms with Crippen molar-refractivity contribution in [2.24, 2.45) is 11.1 Å². The van der Waals surface area contributed by atoms with Gasteiger partial charge in [-0.15, -0.1) is 11.3 Å². The molecule has 3 rings (SSSR count). The largest absolute Gasteiger partial charge is 0.466 e. The average molecular weight is 372 g/mol. The zero-order valence-corrected chi connectivity index (χ0v) is 15.7. The molecule has 0 unspecified atom stereocenters. The summed E-state index contributed by atoms with van der Waals surface area (Å²) in [6.45, 7) is 3.38. The lowest BCUT2D eigenvalue weighted by molar-refractivity contribution is -0.148. The van der Waals surface area contributed by atoms with Crippen molar-refractivity contribution in [3.05, 3.63) is 58.3 Å². The Kier molecular flexibility index (Phi) is 6.80. The van der Waals surface area contributed by atoms with Crippen LogP contribution in [0.5, 0.6) is 0 Å². The molecule has 1 N–H and O–H groups in total. The summed E-state index contributed by atoms with van der Waals surface area (Å²) in [5.74, 6) is -0.165. The molecule has 0 amide bonds. The Morgan fingerprint density at radius 2 is 2.08 bits per heavy atom. The van der Waals surface area contributed by atoms with E-state index in [1.165, 1.54) is 0 Å². The molecule has 5 nitrogen and oxygen atoms in total. The molecule has 0 bridgehead atoms. The molecule has 1 aromatic heterocycles. The van der Waals surface area contributed by atoms with Crippen molar-refractivity contribution < 1.29 is 14.4 Å². The Balaban J connectivity index is 1.56. The number of ether oxygens (including phenoxy) is 1. The summed E-state index contributed by atoms with van der Waals surface area (Å²) in [5, 5.41) is 9.81. The summed E-state index contributed by atoms with van der Waals surface area (Å²) in [7, 11) is 0. The van der Waals surface area contributed by atoms with Crippen LogP contribution in [0.15, 0.2) is 53.0 Å². The lowest BCUT2D eigenvalue weighted by Crippen LogP contribution is -2.44. The number of nitrogens with zero attached hydrogens (tertiary/aromatic N) is 1. The van der Waals surface area contributed by atoms with Gasteiger partial charge in [0.1, 0.15) is 12.3 Å². The van der Waals surface area contributed by atoms with Gasteiger partial charge in [0.25, 0.3) is 0 Å². The number of hydrogen-bond donors (Lipinski definition) is 1. The maximum absolute atomic E-state index is 11.8. The molecular formula is C20H24N2O3S. The third-order valence-electron chi connectivity index (χ3n) is 4.37. The third kappa shape index (κ3) is 4.93. The van der Waals surface area contributed by atoms with Gasteiger partial charge in [-0.2, -0.15) is 0 Å². The molecule has 138 valence electrons. The van der Waals surface area contributed by atoms with E-state index in [-0.39, 0.29) is 17.9 Å². The lowest BCUT2D eigenvalue weighted by atomic mass is 9.95. The quantitative estimate of drug-likeness (QED) is 0.459. The zero-order chi connectivity index (χ0) is 18.2. The minimum atomic E-state index is -0.110. The van der Waals surface area contributed by atoms with Crippen LogP contribution in [-0.2, 0) is 14.4 Å². The number of nitrogens with one attached hydrogen (secondary N) is 1. The monoisotopic (exact) mass is 372 g/mol. The molecule has 2 heterocycles. The summed E-state index contributed by atoms with van der Waals surface area (Å²) < 4.78 is 5.09. The minimum Gasteiger partial charge on any atom is -0.466 e. The van der Waals surface area contributed by atoms with Crippen molar-refractivity contribution in [2.75, 3.05) is 19.8 Å². The maximum atomic E-state index is 11.8. The van der Waals surface area contributed by atoms with Crippen molar-refractivity contribution in [3.63, 3.8) is 0 Å². The van der Waals surface area contributed by atoms with Crippen LogP contribution in [0.4, 0.5) is 0 Å². The van der Waals surface area contributed by atoms with E-state index in [1.807, 2.05) is 54.8 Å². The van der Waals surface area contributed by atoms with Gasteiger partial charge in [0.15, 0.2) is 0 Å². The highest BCUT2D eigenvalue weighted by molar-refractivity contribution is 7.12. The molecule has 1 saturated heterocycles. The standard InChI is InChI=1S/C20H24N2O3S/c1-2-24-20(23)16-10-11-17(21-13-16)14-25-22-19(18-9-6-12-26-18)15-7-4-3-5-8-15/h3-9,12,16-17,21H,2,10-11,13-14H2,1H3/b22-19-/t16-,17+/m1/s1. The van der Waals surface area contributed by atoms with Gasteiger partial charge >= 0.3 is 5.97 Å². The van der Waals surface area contributed by atoms with Crippen LogP contribution in [0.2, 0.25) is 0 Å². The van der Waals surface area contributed by atoms with E-state index in [1.54, 1.807) is 11.3 Å². The van der Waals surface area contributed by atoms with E-state index in [0.717, 1.165) is 29.0 Å². The number of piperidine rings is 1. The molecule has 26 heavy (non-hydrogen) atoms. The van der Waals surface area contributed by atoms with Crippen LogP contribution in [0.25, 0.3) is 0 Å². The molecule has 1 fully saturated rings. The zero-order valence-electron chi connectivity index (χ0n) is 14.9. The number of rotatable bonds is 7. The first-order chi connectivity index (χ1) is 12.8. The van der Waals surface area contributed by atoms with Crippen molar-refractivity contribution in [1.29, 1.82) is 0 Å². The Morgan fingerprint density at radius 1 is 1.23 bits per heavy atom. The molecule has 2 atom stereocenters. The third-order valence-corrected chi connectivity index (χ3v) is 5.25. The molecule has 0 saturated carbocycles. The predicted octanol–water partition coefficient (Wildman–Crippen LogP) is 3.45. The Bertz CT molecular complexity index is 708. The van der Waals surface area contributed by atoms with E-state index in [0.29, 0.717) is 19.8 Å². The van der Waals surface area contributed by atoms with Gasteiger partial charge < -0.3 is 14.9 Å². The summed E-state index contributed by atoms with van der Waals surface area (Å²) >= 11 is 1.64. The van der Waals surface area contributed by atoms with Crippen LogP contribution >= 0.6 is 11.3 Å². The van der Waals surface area contributed by atoms with Gasteiger partial charge in [0.2, 0.25) is 0 Å². The second kappa shape index (κ2) is 9.50. The molecule has 2 aromatic rings. The molecule has 0 radical (unpaired) electrons. The molecule has 0 aliphatic carbocycles. The summed E-state index contributed by atoms with van der Waals surface area (Å²) in [4.78, 5) is 18.5. The van der Waals surface area contributed by atoms with Gasteiger partial charge in [-0.1, -0.05) is 41.6 Å². The normalized spacial score (nSPS) is 20.6. The van der Waals surface area contributed by atoms with E-state index >= 15 is 0 Å². The SMILES string of the molecule is CCOC(=O)[C@@H]1CC[C@@H](CO/N=C(/c2ccccc2)c2cccs2)NC1. The Hall–Kier alpha value is -2.18. The van der Waals surface area contributed by atoms with Gasteiger partial charge in [0.05, 0.1) is 17.4 Å². The van der Waals surface area contributed by atoms with Crippen LogP contribution in [0.3, 0.4) is 0 Å². The fourth-order valence-electron chi connectivity index (χ4n) is 2.96. The Morgan fingerprint density at radius 3 is 2.73 bits per heavy atom. The van der Waals surface area contributed by atoms with E-state index in [2.05, 4.69) is 10.5 Å². The lowest BCUT2D eigenvalue weighted by Gasteiger charge is -2.27. The number of oxime groups is 1. The first-order valence-electron chi connectivity index (χ1n) is 8.97. The van der Waals surface area contributed by atoms with Gasteiger partial charge in [0, 0.05) is 18.2 Å². The Labute approximate surface area is 158 Å². The number of hydrogen-bond acceptors (Lipinski definition) is 6. The highest BCUT2D eigenvalue weighted by atomic mass is 32.1.